The number of carboxylic acids is 1. The van der Waals surface area contributed by atoms with E-state index in [9.17, 15) is 24.3 Å². The molecule has 25 heavy (non-hydrogen) atoms. The fourth-order valence-electron chi connectivity index (χ4n) is 2.12. The van der Waals surface area contributed by atoms with Crippen LogP contribution in [0.4, 0.5) is 0 Å². The van der Waals surface area contributed by atoms with Crippen molar-refractivity contribution in [3.8, 4) is 0 Å². The topological polar surface area (TPSA) is 125 Å². The van der Waals surface area contributed by atoms with Crippen LogP contribution >= 0.6 is 0 Å². The molecule has 8 heteroatoms. The number of hydrogen-bond acceptors (Lipinski definition) is 4. The third kappa shape index (κ3) is 8.50. The van der Waals surface area contributed by atoms with Crippen molar-refractivity contribution in [3.63, 3.8) is 0 Å². The van der Waals surface area contributed by atoms with E-state index in [2.05, 4.69) is 16.0 Å². The number of aliphatic carboxylic acids is 1. The van der Waals surface area contributed by atoms with E-state index < -0.39 is 23.7 Å². The van der Waals surface area contributed by atoms with E-state index in [1.807, 2.05) is 31.2 Å². The molecule has 0 spiro atoms. The van der Waals surface area contributed by atoms with Crippen LogP contribution in [0.3, 0.4) is 0 Å². The van der Waals surface area contributed by atoms with Gasteiger partial charge in [-0.25, -0.2) is 0 Å². The molecule has 1 atom stereocenters. The van der Waals surface area contributed by atoms with Crippen LogP contribution < -0.4 is 16.0 Å². The average Bonchev–Trinajstić information content (AvgIpc) is 2.54. The van der Waals surface area contributed by atoms with Crippen LogP contribution in [0.1, 0.15) is 18.1 Å². The summed E-state index contributed by atoms with van der Waals surface area (Å²) in [6.07, 6.45) is 0.298. The van der Waals surface area contributed by atoms with Gasteiger partial charge in [-0.15, -0.1) is 0 Å². The summed E-state index contributed by atoms with van der Waals surface area (Å²) in [5, 5.41) is 16.4. The Hall–Kier alpha value is -2.90. The molecule has 8 nitrogen and oxygen atoms in total. The molecule has 0 radical (unpaired) electrons. The van der Waals surface area contributed by atoms with Gasteiger partial charge in [-0.3, -0.25) is 19.2 Å². The molecule has 1 aromatic carbocycles. The number of hydrogen-bond donors (Lipinski definition) is 4. The molecule has 1 rings (SSSR count). The summed E-state index contributed by atoms with van der Waals surface area (Å²) in [7, 11) is 0. The minimum Gasteiger partial charge on any atom is -0.481 e. The largest absolute Gasteiger partial charge is 0.481 e. The van der Waals surface area contributed by atoms with Gasteiger partial charge in [0.15, 0.2) is 0 Å². The van der Waals surface area contributed by atoms with Crippen molar-refractivity contribution in [2.75, 3.05) is 19.6 Å². The van der Waals surface area contributed by atoms with Gasteiger partial charge in [0.1, 0.15) is 0 Å². The number of carboxylic acid groups (broad SMARTS) is 1. The lowest BCUT2D eigenvalue weighted by Gasteiger charge is -2.14. The van der Waals surface area contributed by atoms with E-state index in [0.717, 1.165) is 11.1 Å². The maximum Gasteiger partial charge on any atom is 0.308 e. The minimum absolute atomic E-state index is 0.0380. The van der Waals surface area contributed by atoms with E-state index in [0.29, 0.717) is 6.42 Å². The Labute approximate surface area is 146 Å². The third-order valence-electron chi connectivity index (χ3n) is 3.40. The van der Waals surface area contributed by atoms with Crippen molar-refractivity contribution in [1.82, 2.24) is 16.0 Å². The first kappa shape index (κ1) is 20.1. The molecule has 0 bridgehead atoms. The SMILES string of the molecule is CC(=O)NCC(=O)NCC(=O)NCC(Cc1cccc(C)c1)C(=O)O. The lowest BCUT2D eigenvalue weighted by atomic mass is 9.98. The van der Waals surface area contributed by atoms with Crippen molar-refractivity contribution < 1.29 is 24.3 Å². The summed E-state index contributed by atoms with van der Waals surface area (Å²) in [5.41, 5.74) is 1.91. The molecule has 0 heterocycles. The molecular formula is C17H23N3O5. The molecule has 0 aliphatic rings. The van der Waals surface area contributed by atoms with Crippen molar-refractivity contribution in [3.05, 3.63) is 35.4 Å². The summed E-state index contributed by atoms with van der Waals surface area (Å²) in [5.74, 6) is -3.11. The summed E-state index contributed by atoms with van der Waals surface area (Å²) in [6, 6.07) is 7.52. The van der Waals surface area contributed by atoms with Crippen molar-refractivity contribution >= 4 is 23.7 Å². The molecule has 1 aromatic rings. The zero-order valence-corrected chi connectivity index (χ0v) is 14.3. The quantitative estimate of drug-likeness (QED) is 0.483. The monoisotopic (exact) mass is 349 g/mol. The summed E-state index contributed by atoms with van der Waals surface area (Å²) in [4.78, 5) is 45.1. The molecule has 0 aliphatic carbocycles. The van der Waals surface area contributed by atoms with Crippen LogP contribution in [0.5, 0.6) is 0 Å². The van der Waals surface area contributed by atoms with Gasteiger partial charge < -0.3 is 21.1 Å². The highest BCUT2D eigenvalue weighted by Gasteiger charge is 2.19. The van der Waals surface area contributed by atoms with Crippen molar-refractivity contribution in [1.29, 1.82) is 0 Å². The Balaban J connectivity index is 2.41. The number of rotatable bonds is 9. The van der Waals surface area contributed by atoms with E-state index in [1.165, 1.54) is 6.92 Å². The molecule has 1 unspecified atom stereocenters. The van der Waals surface area contributed by atoms with Crippen LogP contribution in [0.2, 0.25) is 0 Å². The molecule has 136 valence electrons. The summed E-state index contributed by atoms with van der Waals surface area (Å²) >= 11 is 0. The van der Waals surface area contributed by atoms with Crippen LogP contribution in [0.25, 0.3) is 0 Å². The maximum atomic E-state index is 11.7. The van der Waals surface area contributed by atoms with E-state index in [-0.39, 0.29) is 25.5 Å². The zero-order valence-electron chi connectivity index (χ0n) is 14.3. The first-order valence-electron chi connectivity index (χ1n) is 7.84. The molecule has 0 aromatic heterocycles. The average molecular weight is 349 g/mol. The second-order valence-electron chi connectivity index (χ2n) is 5.72. The minimum atomic E-state index is -1.00. The van der Waals surface area contributed by atoms with Crippen molar-refractivity contribution in [2.45, 2.75) is 20.3 Å². The molecule has 0 saturated heterocycles. The van der Waals surface area contributed by atoms with Gasteiger partial charge in [-0.05, 0) is 18.9 Å². The predicted molar refractivity (Wildman–Crippen MR) is 90.7 cm³/mol. The van der Waals surface area contributed by atoms with Crippen LogP contribution in [0.15, 0.2) is 24.3 Å². The molecule has 4 N–H and O–H groups in total. The van der Waals surface area contributed by atoms with Crippen molar-refractivity contribution in [2.24, 2.45) is 5.92 Å². The highest BCUT2D eigenvalue weighted by molar-refractivity contribution is 5.87. The zero-order chi connectivity index (χ0) is 18.8. The third-order valence-corrected chi connectivity index (χ3v) is 3.40. The highest BCUT2D eigenvalue weighted by Crippen LogP contribution is 2.10. The number of benzene rings is 1. The predicted octanol–water partition coefficient (Wildman–Crippen LogP) is -0.393. The lowest BCUT2D eigenvalue weighted by molar-refractivity contribution is -0.141. The Bertz CT molecular complexity index is 645. The molecule has 0 saturated carbocycles. The van der Waals surface area contributed by atoms with Crippen LogP contribution in [-0.2, 0) is 25.6 Å². The standard InChI is InChI=1S/C17H23N3O5/c1-11-4-3-5-13(6-11)7-14(17(24)25)8-19-16(23)10-20-15(22)9-18-12(2)21/h3-6,14H,7-10H2,1-2H3,(H,18,21)(H,19,23)(H,20,22)(H,24,25). The molecule has 0 fully saturated rings. The van der Waals surface area contributed by atoms with Gasteiger partial charge in [0.2, 0.25) is 17.7 Å². The summed E-state index contributed by atoms with van der Waals surface area (Å²) < 4.78 is 0. The molecular weight excluding hydrogens is 326 g/mol. The highest BCUT2D eigenvalue weighted by atomic mass is 16.4. The fraction of sp³-hybridized carbons (Fsp3) is 0.412. The van der Waals surface area contributed by atoms with Crippen LogP contribution in [-0.4, -0.2) is 48.4 Å². The maximum absolute atomic E-state index is 11.7. The normalized spacial score (nSPS) is 11.3. The lowest BCUT2D eigenvalue weighted by Crippen LogP contribution is -2.43. The second-order valence-corrected chi connectivity index (χ2v) is 5.72. The van der Waals surface area contributed by atoms with E-state index in [4.69, 9.17) is 0 Å². The fourth-order valence-corrected chi connectivity index (χ4v) is 2.12. The van der Waals surface area contributed by atoms with Crippen LogP contribution in [0, 0.1) is 12.8 Å². The first-order valence-corrected chi connectivity index (χ1v) is 7.84. The molecule has 3 amide bonds. The number of aryl methyl sites for hydroxylation is 1. The van der Waals surface area contributed by atoms with Gasteiger partial charge in [0.25, 0.3) is 0 Å². The molecule has 0 aliphatic heterocycles. The van der Waals surface area contributed by atoms with E-state index >= 15 is 0 Å². The van der Waals surface area contributed by atoms with Gasteiger partial charge in [0.05, 0.1) is 19.0 Å². The number of carbonyl (C=O) groups excluding carboxylic acids is 3. The Morgan fingerprint density at radius 1 is 1.04 bits per heavy atom. The van der Waals surface area contributed by atoms with Gasteiger partial charge in [0, 0.05) is 13.5 Å². The van der Waals surface area contributed by atoms with Gasteiger partial charge in [-0.1, -0.05) is 29.8 Å². The number of amides is 3. The van der Waals surface area contributed by atoms with Gasteiger partial charge in [-0.2, -0.15) is 0 Å². The Morgan fingerprint density at radius 2 is 1.68 bits per heavy atom. The first-order chi connectivity index (χ1) is 11.8. The number of carbonyl (C=O) groups is 4. The van der Waals surface area contributed by atoms with E-state index in [1.54, 1.807) is 0 Å². The second kappa shape index (κ2) is 10.1. The number of nitrogens with one attached hydrogen (secondary N) is 3. The smallest absolute Gasteiger partial charge is 0.308 e. The Morgan fingerprint density at radius 3 is 2.28 bits per heavy atom. The Kier molecular flexibility index (Phi) is 8.11. The van der Waals surface area contributed by atoms with Gasteiger partial charge >= 0.3 is 5.97 Å². The summed E-state index contributed by atoms with van der Waals surface area (Å²) in [6.45, 7) is 2.66.